The minimum absolute atomic E-state index is 0.0248. The van der Waals surface area contributed by atoms with Crippen molar-refractivity contribution >= 4 is 17.5 Å². The van der Waals surface area contributed by atoms with Gasteiger partial charge in [-0.2, -0.15) is 23.4 Å². The Morgan fingerprint density at radius 1 is 1.28 bits per heavy atom. The van der Waals surface area contributed by atoms with Crippen LogP contribution in [-0.4, -0.2) is 32.0 Å². The van der Waals surface area contributed by atoms with Crippen molar-refractivity contribution in [2.75, 3.05) is 6.54 Å². The summed E-state index contributed by atoms with van der Waals surface area (Å²) in [6, 6.07) is 1.89. The normalized spacial score (nSPS) is 11.8. The minimum atomic E-state index is -4.61. The van der Waals surface area contributed by atoms with Gasteiger partial charge < -0.3 is 5.32 Å². The summed E-state index contributed by atoms with van der Waals surface area (Å²) in [6.45, 7) is 4.51. The van der Waals surface area contributed by atoms with E-state index in [-0.39, 0.29) is 24.6 Å². The van der Waals surface area contributed by atoms with Crippen molar-refractivity contribution in [3.8, 4) is 0 Å². The Kier molecular flexibility index (Phi) is 6.10. The molecule has 0 saturated carbocycles. The molecule has 6 nitrogen and oxygen atoms in total. The smallest absolute Gasteiger partial charge is 0.356 e. The number of aryl methyl sites for hydroxylation is 3. The first-order valence-corrected chi connectivity index (χ1v) is 8.13. The first kappa shape index (κ1) is 19.3. The minimum Gasteiger partial charge on any atom is -0.356 e. The molecule has 0 saturated heterocycles. The van der Waals surface area contributed by atoms with Gasteiger partial charge >= 0.3 is 6.18 Å². The second-order valence-electron chi connectivity index (χ2n) is 5.64. The maximum atomic E-state index is 12.7. The van der Waals surface area contributed by atoms with Gasteiger partial charge in [0, 0.05) is 25.7 Å². The van der Waals surface area contributed by atoms with Crippen LogP contribution in [0.4, 0.5) is 13.2 Å². The van der Waals surface area contributed by atoms with Gasteiger partial charge in [0.05, 0.1) is 23.0 Å². The topological polar surface area (TPSA) is 64.7 Å². The van der Waals surface area contributed by atoms with Gasteiger partial charge in [-0.15, -0.1) is 0 Å². The van der Waals surface area contributed by atoms with Crippen LogP contribution in [0.25, 0.3) is 0 Å². The zero-order valence-corrected chi connectivity index (χ0v) is 14.7. The Labute approximate surface area is 147 Å². The third-order valence-electron chi connectivity index (χ3n) is 3.61. The SMILES string of the molecule is Cc1ccn(CCCNC(=O)CCn2nc(C(F)(F)F)c(Cl)c2C)n1. The third kappa shape index (κ3) is 5.22. The van der Waals surface area contributed by atoms with E-state index in [1.165, 1.54) is 6.92 Å². The molecule has 0 aliphatic rings. The summed E-state index contributed by atoms with van der Waals surface area (Å²) in [4.78, 5) is 11.8. The predicted molar refractivity (Wildman–Crippen MR) is 86.2 cm³/mol. The Balaban J connectivity index is 1.76. The van der Waals surface area contributed by atoms with Crippen LogP contribution in [-0.2, 0) is 24.1 Å². The molecule has 0 unspecified atom stereocenters. The quantitative estimate of drug-likeness (QED) is 0.754. The molecule has 2 heterocycles. The maximum Gasteiger partial charge on any atom is 0.436 e. The maximum absolute atomic E-state index is 12.7. The number of carbonyl (C=O) groups is 1. The number of hydrogen-bond donors (Lipinski definition) is 1. The van der Waals surface area contributed by atoms with Crippen LogP contribution in [0.3, 0.4) is 0 Å². The number of nitrogens with one attached hydrogen (secondary N) is 1. The third-order valence-corrected chi connectivity index (χ3v) is 4.07. The molecule has 138 valence electrons. The summed E-state index contributed by atoms with van der Waals surface area (Å²) in [7, 11) is 0. The van der Waals surface area contributed by atoms with Crippen LogP contribution >= 0.6 is 11.6 Å². The molecule has 2 aromatic heterocycles. The highest BCUT2D eigenvalue weighted by atomic mass is 35.5. The van der Waals surface area contributed by atoms with E-state index in [0.29, 0.717) is 19.5 Å². The average molecular weight is 378 g/mol. The van der Waals surface area contributed by atoms with E-state index in [4.69, 9.17) is 11.6 Å². The molecule has 0 spiro atoms. The van der Waals surface area contributed by atoms with Crippen molar-refractivity contribution in [1.82, 2.24) is 24.9 Å². The van der Waals surface area contributed by atoms with Crippen LogP contribution in [0.2, 0.25) is 5.02 Å². The molecule has 0 atom stereocenters. The van der Waals surface area contributed by atoms with Crippen molar-refractivity contribution in [3.63, 3.8) is 0 Å². The van der Waals surface area contributed by atoms with Crippen LogP contribution < -0.4 is 5.32 Å². The summed E-state index contributed by atoms with van der Waals surface area (Å²) in [5.74, 6) is -0.253. The van der Waals surface area contributed by atoms with Crippen molar-refractivity contribution < 1.29 is 18.0 Å². The number of carbonyl (C=O) groups excluding carboxylic acids is 1. The second-order valence-corrected chi connectivity index (χ2v) is 6.02. The Hall–Kier alpha value is -2.03. The number of alkyl halides is 3. The van der Waals surface area contributed by atoms with Gasteiger partial charge in [0.1, 0.15) is 0 Å². The highest BCUT2D eigenvalue weighted by Gasteiger charge is 2.38. The Bertz CT molecular complexity index is 738. The molecule has 10 heteroatoms. The van der Waals surface area contributed by atoms with Crippen LogP contribution in [0.1, 0.15) is 29.9 Å². The van der Waals surface area contributed by atoms with Crippen LogP contribution in [0.15, 0.2) is 12.3 Å². The molecule has 25 heavy (non-hydrogen) atoms. The number of hydrogen-bond acceptors (Lipinski definition) is 3. The van der Waals surface area contributed by atoms with E-state index in [9.17, 15) is 18.0 Å². The lowest BCUT2D eigenvalue weighted by molar-refractivity contribution is -0.141. The Morgan fingerprint density at radius 3 is 2.56 bits per heavy atom. The molecule has 1 amide bonds. The highest BCUT2D eigenvalue weighted by molar-refractivity contribution is 6.31. The highest BCUT2D eigenvalue weighted by Crippen LogP contribution is 2.35. The zero-order chi connectivity index (χ0) is 18.6. The number of aromatic nitrogens is 4. The lowest BCUT2D eigenvalue weighted by Crippen LogP contribution is -2.26. The van der Waals surface area contributed by atoms with E-state index >= 15 is 0 Å². The van der Waals surface area contributed by atoms with Crippen LogP contribution in [0, 0.1) is 13.8 Å². The van der Waals surface area contributed by atoms with E-state index in [1.807, 2.05) is 19.2 Å². The molecule has 0 aliphatic heterocycles. The largest absolute Gasteiger partial charge is 0.436 e. The second kappa shape index (κ2) is 7.90. The first-order valence-electron chi connectivity index (χ1n) is 7.75. The van der Waals surface area contributed by atoms with Gasteiger partial charge in [-0.1, -0.05) is 11.6 Å². The number of halogens is 4. The lowest BCUT2D eigenvalue weighted by atomic mass is 10.3. The monoisotopic (exact) mass is 377 g/mol. The summed E-state index contributed by atoms with van der Waals surface area (Å²) < 4.78 is 41.1. The molecule has 1 N–H and O–H groups in total. The molecule has 2 rings (SSSR count). The first-order chi connectivity index (χ1) is 11.7. The molecule has 0 fully saturated rings. The van der Waals surface area contributed by atoms with Gasteiger partial charge in [0.2, 0.25) is 5.91 Å². The summed E-state index contributed by atoms with van der Waals surface area (Å²) in [5.41, 5.74) is -0.00653. The van der Waals surface area contributed by atoms with Crippen molar-refractivity contribution in [2.24, 2.45) is 0 Å². The standard InChI is InChI=1S/C15H19ClF3N5O/c1-10-4-8-23(21-10)7-3-6-20-12(25)5-9-24-11(2)13(16)14(22-24)15(17,18)19/h4,8H,3,5-7,9H2,1-2H3,(H,20,25). The molecule has 0 radical (unpaired) electrons. The Morgan fingerprint density at radius 2 is 2.00 bits per heavy atom. The van der Waals surface area contributed by atoms with Gasteiger partial charge in [-0.3, -0.25) is 14.2 Å². The number of rotatable bonds is 7. The lowest BCUT2D eigenvalue weighted by Gasteiger charge is -2.07. The molecule has 0 aliphatic carbocycles. The van der Waals surface area contributed by atoms with Crippen LogP contribution in [0.5, 0.6) is 0 Å². The summed E-state index contributed by atoms with van der Waals surface area (Å²) in [6.07, 6.45) is -2.02. The van der Waals surface area contributed by atoms with Gasteiger partial charge in [0.25, 0.3) is 0 Å². The van der Waals surface area contributed by atoms with Crippen molar-refractivity contribution in [2.45, 2.75) is 46.0 Å². The van der Waals surface area contributed by atoms with Gasteiger partial charge in [0.15, 0.2) is 5.69 Å². The number of nitrogens with zero attached hydrogens (tertiary/aromatic N) is 4. The van der Waals surface area contributed by atoms with Crippen molar-refractivity contribution in [3.05, 3.63) is 34.4 Å². The fraction of sp³-hybridized carbons (Fsp3) is 0.533. The fourth-order valence-electron chi connectivity index (χ4n) is 2.28. The average Bonchev–Trinajstić information content (AvgIpc) is 3.06. The van der Waals surface area contributed by atoms with E-state index < -0.39 is 16.9 Å². The van der Waals surface area contributed by atoms with E-state index in [2.05, 4.69) is 15.5 Å². The molecule has 2 aromatic rings. The molecular formula is C15H19ClF3N5O. The molecular weight excluding hydrogens is 359 g/mol. The van der Waals surface area contributed by atoms with Gasteiger partial charge in [-0.25, -0.2) is 0 Å². The van der Waals surface area contributed by atoms with E-state index in [0.717, 1.165) is 10.4 Å². The molecule has 0 aromatic carbocycles. The van der Waals surface area contributed by atoms with E-state index in [1.54, 1.807) is 4.68 Å². The summed E-state index contributed by atoms with van der Waals surface area (Å²) in [5, 5.41) is 9.99. The fourth-order valence-corrected chi connectivity index (χ4v) is 2.52. The molecule has 0 bridgehead atoms. The predicted octanol–water partition coefficient (Wildman–Crippen LogP) is 2.97. The summed E-state index contributed by atoms with van der Waals surface area (Å²) >= 11 is 5.66. The van der Waals surface area contributed by atoms with Crippen molar-refractivity contribution in [1.29, 1.82) is 0 Å². The zero-order valence-electron chi connectivity index (χ0n) is 13.9. The number of amides is 1. The van der Waals surface area contributed by atoms with Gasteiger partial charge in [-0.05, 0) is 26.3 Å².